The smallest absolute Gasteiger partial charge is 0.319 e. The zero-order chi connectivity index (χ0) is 18.7. The van der Waals surface area contributed by atoms with Gasteiger partial charge in [-0.25, -0.2) is 4.79 Å². The molecule has 0 spiro atoms. The van der Waals surface area contributed by atoms with Crippen molar-refractivity contribution in [2.45, 2.75) is 71.6 Å². The Labute approximate surface area is 150 Å². The molecule has 6 heteroatoms. The lowest BCUT2D eigenvalue weighted by atomic mass is 10.1. The van der Waals surface area contributed by atoms with Crippen LogP contribution >= 0.6 is 0 Å². The molecule has 0 saturated carbocycles. The van der Waals surface area contributed by atoms with Crippen LogP contribution in [0.15, 0.2) is 24.3 Å². The molecule has 1 rings (SSSR count). The van der Waals surface area contributed by atoms with E-state index >= 15 is 0 Å². The van der Waals surface area contributed by atoms with Gasteiger partial charge < -0.3 is 21.1 Å². The van der Waals surface area contributed by atoms with Crippen LogP contribution < -0.4 is 16.0 Å². The minimum absolute atomic E-state index is 0.0757. The largest absolute Gasteiger partial charge is 0.393 e. The molecule has 0 aliphatic heterocycles. The highest BCUT2D eigenvalue weighted by molar-refractivity contribution is 5.89. The molecule has 25 heavy (non-hydrogen) atoms. The summed E-state index contributed by atoms with van der Waals surface area (Å²) < 4.78 is 0. The SMILES string of the molecule is CCCCC[C@@H](O)CC(=O)NCc1ccc(NC(=O)NC(C)C)cc1. The molecule has 0 radical (unpaired) electrons. The Kier molecular flexibility index (Phi) is 9.62. The van der Waals surface area contributed by atoms with Crippen molar-refractivity contribution < 1.29 is 14.7 Å². The molecule has 0 aliphatic rings. The molecule has 1 aromatic carbocycles. The lowest BCUT2D eigenvalue weighted by Gasteiger charge is -2.12. The van der Waals surface area contributed by atoms with Crippen molar-refractivity contribution >= 4 is 17.6 Å². The third-order valence-corrected chi connectivity index (χ3v) is 3.68. The van der Waals surface area contributed by atoms with Crippen molar-refractivity contribution in [3.63, 3.8) is 0 Å². The second kappa shape index (κ2) is 11.5. The molecule has 3 amide bonds. The maximum absolute atomic E-state index is 11.8. The van der Waals surface area contributed by atoms with Crippen LogP contribution in [0.1, 0.15) is 58.4 Å². The molecule has 0 saturated heterocycles. The van der Waals surface area contributed by atoms with Crippen LogP contribution in [0.2, 0.25) is 0 Å². The van der Waals surface area contributed by atoms with E-state index in [1.807, 2.05) is 26.0 Å². The first kappa shape index (κ1) is 21.0. The number of unbranched alkanes of at least 4 members (excludes halogenated alkanes) is 2. The number of hydrogen-bond acceptors (Lipinski definition) is 3. The maximum Gasteiger partial charge on any atom is 0.319 e. The number of aliphatic hydroxyl groups excluding tert-OH is 1. The van der Waals surface area contributed by atoms with E-state index < -0.39 is 6.10 Å². The number of amides is 3. The van der Waals surface area contributed by atoms with E-state index in [-0.39, 0.29) is 24.4 Å². The monoisotopic (exact) mass is 349 g/mol. The Morgan fingerprint density at radius 1 is 1.12 bits per heavy atom. The van der Waals surface area contributed by atoms with Gasteiger partial charge in [0, 0.05) is 18.3 Å². The minimum atomic E-state index is -0.572. The first-order chi connectivity index (χ1) is 11.9. The van der Waals surface area contributed by atoms with Gasteiger partial charge in [-0.15, -0.1) is 0 Å². The fourth-order valence-electron chi connectivity index (χ4n) is 2.35. The summed E-state index contributed by atoms with van der Waals surface area (Å²) in [7, 11) is 0. The van der Waals surface area contributed by atoms with E-state index in [1.165, 1.54) is 0 Å². The van der Waals surface area contributed by atoms with Crippen molar-refractivity contribution in [2.24, 2.45) is 0 Å². The topological polar surface area (TPSA) is 90.5 Å². The predicted molar refractivity (Wildman–Crippen MR) is 100 cm³/mol. The molecule has 0 aliphatic carbocycles. The second-order valence-electron chi connectivity index (χ2n) is 6.58. The minimum Gasteiger partial charge on any atom is -0.393 e. The Morgan fingerprint density at radius 3 is 2.40 bits per heavy atom. The molecule has 0 aromatic heterocycles. The Balaban J connectivity index is 2.33. The van der Waals surface area contributed by atoms with Crippen molar-refractivity contribution in [2.75, 3.05) is 5.32 Å². The van der Waals surface area contributed by atoms with E-state index in [0.717, 1.165) is 24.8 Å². The summed E-state index contributed by atoms with van der Waals surface area (Å²) in [6.07, 6.45) is 3.36. The van der Waals surface area contributed by atoms with Crippen LogP contribution in [0.3, 0.4) is 0 Å². The summed E-state index contributed by atoms with van der Waals surface area (Å²) in [6, 6.07) is 7.12. The number of aliphatic hydroxyl groups is 1. The van der Waals surface area contributed by atoms with Gasteiger partial charge in [-0.3, -0.25) is 4.79 Å². The number of benzene rings is 1. The number of carbonyl (C=O) groups is 2. The number of urea groups is 1. The zero-order valence-corrected chi connectivity index (χ0v) is 15.5. The third-order valence-electron chi connectivity index (χ3n) is 3.68. The summed E-state index contributed by atoms with van der Waals surface area (Å²) in [5.41, 5.74) is 1.63. The number of hydrogen-bond donors (Lipinski definition) is 4. The Bertz CT molecular complexity index is 529. The van der Waals surface area contributed by atoms with Gasteiger partial charge in [-0.1, -0.05) is 38.3 Å². The van der Waals surface area contributed by atoms with Crippen LogP contribution in [-0.2, 0) is 11.3 Å². The molecule has 1 aromatic rings. The van der Waals surface area contributed by atoms with Gasteiger partial charge >= 0.3 is 6.03 Å². The van der Waals surface area contributed by atoms with Crippen molar-refractivity contribution in [1.82, 2.24) is 10.6 Å². The molecule has 0 heterocycles. The third kappa shape index (κ3) is 9.72. The highest BCUT2D eigenvalue weighted by Gasteiger charge is 2.10. The molecular weight excluding hydrogens is 318 g/mol. The highest BCUT2D eigenvalue weighted by Crippen LogP contribution is 2.10. The van der Waals surface area contributed by atoms with E-state index in [9.17, 15) is 14.7 Å². The van der Waals surface area contributed by atoms with Gasteiger partial charge in [0.25, 0.3) is 0 Å². The van der Waals surface area contributed by atoms with E-state index in [4.69, 9.17) is 0 Å². The molecule has 6 nitrogen and oxygen atoms in total. The zero-order valence-electron chi connectivity index (χ0n) is 15.5. The number of carbonyl (C=O) groups excluding carboxylic acids is 2. The predicted octanol–water partition coefficient (Wildman–Crippen LogP) is 3.16. The van der Waals surface area contributed by atoms with Crippen LogP contribution in [-0.4, -0.2) is 29.2 Å². The summed E-state index contributed by atoms with van der Waals surface area (Å²) in [6.45, 7) is 6.30. The van der Waals surface area contributed by atoms with Gasteiger partial charge in [-0.2, -0.15) is 0 Å². The van der Waals surface area contributed by atoms with Gasteiger partial charge in [0.05, 0.1) is 12.5 Å². The van der Waals surface area contributed by atoms with Gasteiger partial charge in [-0.05, 0) is 38.0 Å². The fraction of sp³-hybridized carbons (Fsp3) is 0.579. The average molecular weight is 349 g/mol. The fourth-order valence-corrected chi connectivity index (χ4v) is 2.35. The van der Waals surface area contributed by atoms with E-state index in [2.05, 4.69) is 22.9 Å². The standard InChI is InChI=1S/C19H31N3O3/c1-4-5-6-7-17(23)12-18(24)20-13-15-8-10-16(11-9-15)22-19(25)21-14(2)3/h8-11,14,17,23H,4-7,12-13H2,1-3H3,(H,20,24)(H2,21,22,25)/t17-/m1/s1. The first-order valence-electron chi connectivity index (χ1n) is 9.02. The first-order valence-corrected chi connectivity index (χ1v) is 9.02. The van der Waals surface area contributed by atoms with Gasteiger partial charge in [0.15, 0.2) is 0 Å². The summed E-state index contributed by atoms with van der Waals surface area (Å²) in [4.78, 5) is 23.5. The van der Waals surface area contributed by atoms with E-state index in [1.54, 1.807) is 12.1 Å². The van der Waals surface area contributed by atoms with Crippen LogP contribution in [0.25, 0.3) is 0 Å². The highest BCUT2D eigenvalue weighted by atomic mass is 16.3. The molecule has 1 atom stereocenters. The number of nitrogens with one attached hydrogen (secondary N) is 3. The quantitative estimate of drug-likeness (QED) is 0.489. The van der Waals surface area contributed by atoms with Crippen molar-refractivity contribution in [1.29, 1.82) is 0 Å². The van der Waals surface area contributed by atoms with Crippen LogP contribution in [0.5, 0.6) is 0 Å². The Hall–Kier alpha value is -2.08. The van der Waals surface area contributed by atoms with Crippen LogP contribution in [0.4, 0.5) is 10.5 Å². The van der Waals surface area contributed by atoms with Gasteiger partial charge in [0.1, 0.15) is 0 Å². The van der Waals surface area contributed by atoms with Crippen LogP contribution in [0, 0.1) is 0 Å². The van der Waals surface area contributed by atoms with Crippen molar-refractivity contribution in [3.05, 3.63) is 29.8 Å². The second-order valence-corrected chi connectivity index (χ2v) is 6.58. The lowest BCUT2D eigenvalue weighted by molar-refractivity contribution is -0.123. The molecule has 4 N–H and O–H groups in total. The molecule has 0 unspecified atom stereocenters. The molecule has 140 valence electrons. The Morgan fingerprint density at radius 2 is 1.80 bits per heavy atom. The van der Waals surface area contributed by atoms with Gasteiger partial charge in [0.2, 0.25) is 5.91 Å². The summed E-state index contributed by atoms with van der Waals surface area (Å²) in [5.74, 6) is -0.150. The summed E-state index contributed by atoms with van der Waals surface area (Å²) >= 11 is 0. The molecular formula is C19H31N3O3. The maximum atomic E-state index is 11.8. The summed E-state index contributed by atoms with van der Waals surface area (Å²) in [5, 5.41) is 18.1. The number of rotatable bonds is 10. The molecule has 0 bridgehead atoms. The average Bonchev–Trinajstić information content (AvgIpc) is 2.53. The normalized spacial score (nSPS) is 11.9. The lowest BCUT2D eigenvalue weighted by Crippen LogP contribution is -2.34. The van der Waals surface area contributed by atoms with E-state index in [0.29, 0.717) is 18.7 Å². The molecule has 0 fully saturated rings. The number of anilines is 1. The van der Waals surface area contributed by atoms with Crippen molar-refractivity contribution in [3.8, 4) is 0 Å².